The molecule has 1 heterocycles. The van der Waals surface area contributed by atoms with Gasteiger partial charge in [0, 0.05) is 17.4 Å². The van der Waals surface area contributed by atoms with Crippen LogP contribution in [0.4, 0.5) is 0 Å². The number of hydrogen-bond donors (Lipinski definition) is 0. The highest BCUT2D eigenvalue weighted by Gasteiger charge is 2.60. The zero-order valence-electron chi connectivity index (χ0n) is 14.6. The lowest BCUT2D eigenvalue weighted by atomic mass is 9.49. The predicted octanol–water partition coefficient (Wildman–Crippen LogP) is 3.52. The molecular weight excluding hydrogens is 370 g/mol. The lowest BCUT2D eigenvalue weighted by Crippen LogP contribution is -2.56. The van der Waals surface area contributed by atoms with Crippen LogP contribution in [-0.4, -0.2) is 40.8 Å². The molecule has 5 fully saturated rings. The van der Waals surface area contributed by atoms with Gasteiger partial charge in [0.1, 0.15) is 0 Å². The fourth-order valence-electron chi connectivity index (χ4n) is 6.02. The van der Waals surface area contributed by atoms with Crippen LogP contribution in [0.25, 0.3) is 0 Å². The lowest BCUT2D eigenvalue weighted by molar-refractivity contribution is -0.172. The number of rotatable bonds is 3. The summed E-state index contributed by atoms with van der Waals surface area (Å²) >= 11 is 3.93. The standard InChI is InChI=1S/C19H28BrNO3/c1-13-2-4-21(5-3-13)16(22)11-24-17(23)18-7-14-6-15(8-18)10-19(20,9-14)12-18/h13-15H,2-12H2,1H3. The Morgan fingerprint density at radius 3 is 2.33 bits per heavy atom. The van der Waals surface area contributed by atoms with Crippen LogP contribution < -0.4 is 0 Å². The van der Waals surface area contributed by atoms with E-state index in [0.29, 0.717) is 17.8 Å². The van der Waals surface area contributed by atoms with Crippen molar-refractivity contribution in [2.24, 2.45) is 23.2 Å². The number of hydrogen-bond acceptors (Lipinski definition) is 3. The largest absolute Gasteiger partial charge is 0.455 e. The van der Waals surface area contributed by atoms with Crippen molar-refractivity contribution in [1.29, 1.82) is 0 Å². The number of amides is 1. The van der Waals surface area contributed by atoms with Crippen molar-refractivity contribution in [1.82, 2.24) is 4.90 Å². The third-order valence-electron chi connectivity index (χ3n) is 6.89. The number of ether oxygens (including phenoxy) is 1. The summed E-state index contributed by atoms with van der Waals surface area (Å²) in [5, 5.41) is 0. The van der Waals surface area contributed by atoms with E-state index in [9.17, 15) is 9.59 Å². The number of likely N-dealkylation sites (tertiary alicyclic amines) is 1. The van der Waals surface area contributed by atoms with Crippen molar-refractivity contribution in [2.75, 3.05) is 19.7 Å². The van der Waals surface area contributed by atoms with Crippen LogP contribution in [0.1, 0.15) is 58.3 Å². The number of esters is 1. The molecule has 4 bridgehead atoms. The second-order valence-corrected chi connectivity index (χ2v) is 10.7. The maximum absolute atomic E-state index is 12.9. The Balaban J connectivity index is 1.36. The molecule has 0 radical (unpaired) electrons. The average Bonchev–Trinajstić information content (AvgIpc) is 2.50. The molecule has 0 aromatic carbocycles. The molecule has 0 aromatic rings. The van der Waals surface area contributed by atoms with Crippen molar-refractivity contribution in [2.45, 2.75) is 62.6 Å². The summed E-state index contributed by atoms with van der Waals surface area (Å²) in [5.41, 5.74) is -0.329. The molecule has 4 nitrogen and oxygen atoms in total. The van der Waals surface area contributed by atoms with E-state index in [1.165, 1.54) is 19.3 Å². The molecule has 0 aromatic heterocycles. The zero-order chi connectivity index (χ0) is 16.9. The second kappa shape index (κ2) is 6.00. The number of nitrogens with zero attached hydrogens (tertiary/aromatic N) is 1. The minimum Gasteiger partial charge on any atom is -0.455 e. The van der Waals surface area contributed by atoms with Crippen LogP contribution in [0.5, 0.6) is 0 Å². The van der Waals surface area contributed by atoms with Crippen LogP contribution in [0.3, 0.4) is 0 Å². The number of carbonyl (C=O) groups excluding carboxylic acids is 2. The quantitative estimate of drug-likeness (QED) is 0.540. The van der Waals surface area contributed by atoms with E-state index in [1.54, 1.807) is 0 Å². The molecular formula is C19H28BrNO3. The topological polar surface area (TPSA) is 46.6 Å². The van der Waals surface area contributed by atoms with Crippen molar-refractivity contribution in [3.8, 4) is 0 Å². The average molecular weight is 398 g/mol. The van der Waals surface area contributed by atoms with E-state index in [1.807, 2.05) is 4.90 Å². The summed E-state index contributed by atoms with van der Waals surface area (Å²) in [6.07, 6.45) is 8.59. The Kier molecular flexibility index (Phi) is 4.21. The van der Waals surface area contributed by atoms with Crippen LogP contribution in [-0.2, 0) is 14.3 Å². The maximum atomic E-state index is 12.9. The highest BCUT2D eigenvalue weighted by atomic mass is 79.9. The SMILES string of the molecule is CC1CCN(C(=O)COC(=O)C23CC4CC(CC(Br)(C4)C2)C3)CC1. The van der Waals surface area contributed by atoms with Crippen molar-refractivity contribution in [3.05, 3.63) is 0 Å². The van der Waals surface area contributed by atoms with Gasteiger partial charge in [0.05, 0.1) is 5.41 Å². The summed E-state index contributed by atoms with van der Waals surface area (Å²) in [7, 11) is 0. The van der Waals surface area contributed by atoms with E-state index in [4.69, 9.17) is 4.74 Å². The normalized spacial score (nSPS) is 41.5. The Labute approximate surface area is 152 Å². The van der Waals surface area contributed by atoms with Gasteiger partial charge in [-0.1, -0.05) is 22.9 Å². The molecule has 24 heavy (non-hydrogen) atoms. The Morgan fingerprint density at radius 1 is 1.12 bits per heavy atom. The van der Waals surface area contributed by atoms with Crippen molar-refractivity contribution < 1.29 is 14.3 Å². The van der Waals surface area contributed by atoms with Gasteiger partial charge in [0.25, 0.3) is 5.91 Å². The predicted molar refractivity (Wildman–Crippen MR) is 94.7 cm³/mol. The molecule has 0 spiro atoms. The summed E-state index contributed by atoms with van der Waals surface area (Å²) in [4.78, 5) is 27.1. The number of halogens is 1. The van der Waals surface area contributed by atoms with Crippen LogP contribution in [0, 0.1) is 23.2 Å². The van der Waals surface area contributed by atoms with E-state index in [-0.39, 0.29) is 28.2 Å². The first-order valence-corrected chi connectivity index (χ1v) is 10.3. The van der Waals surface area contributed by atoms with E-state index in [2.05, 4.69) is 22.9 Å². The van der Waals surface area contributed by atoms with Crippen LogP contribution in [0.15, 0.2) is 0 Å². The first-order chi connectivity index (χ1) is 11.4. The smallest absolute Gasteiger partial charge is 0.312 e. The highest BCUT2D eigenvalue weighted by Crippen LogP contribution is 2.64. The fourth-order valence-corrected chi connectivity index (χ4v) is 7.47. The van der Waals surface area contributed by atoms with Gasteiger partial charge >= 0.3 is 5.97 Å². The Morgan fingerprint density at radius 2 is 1.75 bits per heavy atom. The fraction of sp³-hybridized carbons (Fsp3) is 0.895. The number of piperidine rings is 1. The molecule has 2 atom stereocenters. The van der Waals surface area contributed by atoms with E-state index < -0.39 is 0 Å². The van der Waals surface area contributed by atoms with Crippen LogP contribution >= 0.6 is 15.9 Å². The van der Waals surface area contributed by atoms with E-state index in [0.717, 1.165) is 45.2 Å². The minimum atomic E-state index is -0.329. The number of carbonyl (C=O) groups is 2. The molecule has 5 heteroatoms. The van der Waals surface area contributed by atoms with Gasteiger partial charge in [-0.25, -0.2) is 0 Å². The minimum absolute atomic E-state index is 0.0199. The third kappa shape index (κ3) is 3.02. The van der Waals surface area contributed by atoms with Gasteiger partial charge in [0.15, 0.2) is 6.61 Å². The lowest BCUT2D eigenvalue weighted by Gasteiger charge is -2.58. The van der Waals surface area contributed by atoms with Gasteiger partial charge in [-0.05, 0) is 69.1 Å². The molecule has 1 saturated heterocycles. The van der Waals surface area contributed by atoms with Crippen LogP contribution in [0.2, 0.25) is 0 Å². The summed E-state index contributed by atoms with van der Waals surface area (Å²) < 4.78 is 5.70. The zero-order valence-corrected chi connectivity index (χ0v) is 16.1. The van der Waals surface area contributed by atoms with Gasteiger partial charge in [-0.15, -0.1) is 0 Å². The number of alkyl halides is 1. The maximum Gasteiger partial charge on any atom is 0.312 e. The Hall–Kier alpha value is -0.580. The molecule has 4 saturated carbocycles. The summed E-state index contributed by atoms with van der Waals surface area (Å²) in [6, 6.07) is 0. The molecule has 5 rings (SSSR count). The van der Waals surface area contributed by atoms with E-state index >= 15 is 0 Å². The highest BCUT2D eigenvalue weighted by molar-refractivity contribution is 9.10. The molecule has 2 unspecified atom stereocenters. The van der Waals surface area contributed by atoms with Gasteiger partial charge in [-0.2, -0.15) is 0 Å². The summed E-state index contributed by atoms with van der Waals surface area (Å²) in [6.45, 7) is 3.76. The Bertz CT molecular complexity index is 527. The molecule has 1 aliphatic heterocycles. The molecule has 134 valence electrons. The third-order valence-corrected chi connectivity index (χ3v) is 7.81. The summed E-state index contributed by atoms with van der Waals surface area (Å²) in [5.74, 6) is 1.86. The first kappa shape index (κ1) is 16.9. The van der Waals surface area contributed by atoms with Gasteiger partial charge in [0.2, 0.25) is 0 Å². The molecule has 1 amide bonds. The first-order valence-electron chi connectivity index (χ1n) is 9.51. The monoisotopic (exact) mass is 397 g/mol. The molecule has 0 N–H and O–H groups in total. The molecule has 4 aliphatic carbocycles. The van der Waals surface area contributed by atoms with Gasteiger partial charge in [-0.3, -0.25) is 9.59 Å². The van der Waals surface area contributed by atoms with Gasteiger partial charge < -0.3 is 9.64 Å². The van der Waals surface area contributed by atoms with Crippen molar-refractivity contribution in [3.63, 3.8) is 0 Å². The van der Waals surface area contributed by atoms with Crippen molar-refractivity contribution >= 4 is 27.8 Å². The molecule has 5 aliphatic rings. The second-order valence-electron chi connectivity index (χ2n) is 9.03.